The lowest BCUT2D eigenvalue weighted by atomic mass is 9.92. The monoisotopic (exact) mass is 435 g/mol. The van der Waals surface area contributed by atoms with Gasteiger partial charge in [0.05, 0.1) is 11.4 Å². The van der Waals surface area contributed by atoms with Crippen molar-refractivity contribution >= 4 is 21.8 Å². The summed E-state index contributed by atoms with van der Waals surface area (Å²) in [5, 5.41) is 2.96. The van der Waals surface area contributed by atoms with E-state index < -0.39 is 15.6 Å². The molecule has 1 aromatic carbocycles. The van der Waals surface area contributed by atoms with Gasteiger partial charge in [0.15, 0.2) is 0 Å². The van der Waals surface area contributed by atoms with Crippen molar-refractivity contribution in [3.8, 4) is 0 Å². The zero-order valence-corrected chi connectivity index (χ0v) is 19.0. The van der Waals surface area contributed by atoms with Crippen LogP contribution in [-0.2, 0) is 19.6 Å². The van der Waals surface area contributed by atoms with E-state index in [2.05, 4.69) is 19.2 Å². The van der Waals surface area contributed by atoms with Crippen molar-refractivity contribution in [2.75, 3.05) is 19.6 Å². The van der Waals surface area contributed by atoms with E-state index in [1.54, 1.807) is 30.0 Å². The fraction of sp³-hybridized carbons (Fsp3) is 0.636. The largest absolute Gasteiger partial charge is 0.354 e. The van der Waals surface area contributed by atoms with E-state index in [0.29, 0.717) is 12.5 Å². The van der Waals surface area contributed by atoms with Gasteiger partial charge in [0.2, 0.25) is 21.8 Å². The Labute approximate surface area is 179 Å². The lowest BCUT2D eigenvalue weighted by Gasteiger charge is -2.49. The van der Waals surface area contributed by atoms with E-state index in [4.69, 9.17) is 0 Å². The maximum Gasteiger partial charge on any atom is 0.247 e. The Balaban J connectivity index is 1.91. The highest BCUT2D eigenvalue weighted by molar-refractivity contribution is 7.89. The van der Waals surface area contributed by atoms with Gasteiger partial charge in [0, 0.05) is 19.1 Å². The van der Waals surface area contributed by atoms with E-state index in [-0.39, 0.29) is 35.8 Å². The molecule has 2 aliphatic rings. The molecule has 0 aromatic heterocycles. The number of carbonyl (C=O) groups excluding carboxylic acids is 2. The average Bonchev–Trinajstić information content (AvgIpc) is 3.21. The zero-order valence-electron chi connectivity index (χ0n) is 18.1. The summed E-state index contributed by atoms with van der Waals surface area (Å²) < 4.78 is 27.6. The van der Waals surface area contributed by atoms with Crippen molar-refractivity contribution in [1.82, 2.24) is 14.5 Å². The number of hydrogen-bond donors (Lipinski definition) is 1. The molecule has 1 atom stereocenters. The van der Waals surface area contributed by atoms with Crippen LogP contribution in [0.4, 0.5) is 0 Å². The Morgan fingerprint density at radius 3 is 2.43 bits per heavy atom. The molecule has 0 bridgehead atoms. The molecule has 1 aromatic rings. The number of sulfonamides is 1. The van der Waals surface area contributed by atoms with Gasteiger partial charge in [-0.2, -0.15) is 4.31 Å². The highest BCUT2D eigenvalue weighted by Crippen LogP contribution is 2.34. The van der Waals surface area contributed by atoms with E-state index in [1.807, 2.05) is 0 Å². The summed E-state index contributed by atoms with van der Waals surface area (Å²) in [6.07, 6.45) is 4.57. The van der Waals surface area contributed by atoms with Gasteiger partial charge in [-0.25, -0.2) is 8.42 Å². The summed E-state index contributed by atoms with van der Waals surface area (Å²) >= 11 is 0. The number of hydrogen-bond acceptors (Lipinski definition) is 4. The lowest BCUT2D eigenvalue weighted by molar-refractivity contribution is -0.156. The maximum atomic E-state index is 13.3. The normalized spacial score (nSPS) is 23.9. The topological polar surface area (TPSA) is 86.8 Å². The summed E-state index contributed by atoms with van der Waals surface area (Å²) in [6, 6.07) is 8.07. The summed E-state index contributed by atoms with van der Waals surface area (Å²) in [5.74, 6) is -0.141. The summed E-state index contributed by atoms with van der Waals surface area (Å²) in [5.41, 5.74) is -1.23. The summed E-state index contributed by atoms with van der Waals surface area (Å²) in [6.45, 7) is 6.10. The molecule has 0 unspecified atom stereocenters. The number of benzene rings is 1. The Morgan fingerprint density at radius 2 is 1.83 bits per heavy atom. The standard InChI is InChI=1S/C22H33N3O4S/c1-17(2)13-14-23-21(27)22(3)16-24(30(28,29)19-11-5-4-6-12-19)15-20(26)25(22)18-9-7-8-10-18/h4-6,11-12,17-18H,7-10,13-16H2,1-3H3,(H,23,27)/t22-/m0/s1. The van der Waals surface area contributed by atoms with Gasteiger partial charge >= 0.3 is 0 Å². The van der Waals surface area contributed by atoms with E-state index in [1.165, 1.54) is 12.1 Å². The molecule has 7 nitrogen and oxygen atoms in total. The van der Waals surface area contributed by atoms with Crippen molar-refractivity contribution in [2.45, 2.75) is 69.4 Å². The fourth-order valence-corrected chi connectivity index (χ4v) is 6.01. The van der Waals surface area contributed by atoms with Crippen LogP contribution >= 0.6 is 0 Å². The number of nitrogens with one attached hydrogen (secondary N) is 1. The van der Waals surface area contributed by atoms with E-state index >= 15 is 0 Å². The molecule has 1 aliphatic carbocycles. The molecule has 1 aliphatic heterocycles. The van der Waals surface area contributed by atoms with Crippen LogP contribution in [0, 0.1) is 5.92 Å². The molecule has 1 heterocycles. The fourth-order valence-electron chi connectivity index (χ4n) is 4.50. The smallest absolute Gasteiger partial charge is 0.247 e. The van der Waals surface area contributed by atoms with E-state index in [9.17, 15) is 18.0 Å². The van der Waals surface area contributed by atoms with Crippen LogP contribution in [0.25, 0.3) is 0 Å². The van der Waals surface area contributed by atoms with Gasteiger partial charge < -0.3 is 10.2 Å². The predicted octanol–water partition coefficient (Wildman–Crippen LogP) is 2.38. The Bertz CT molecular complexity index is 866. The van der Waals surface area contributed by atoms with Crippen molar-refractivity contribution in [3.63, 3.8) is 0 Å². The minimum absolute atomic E-state index is 0.0140. The van der Waals surface area contributed by atoms with Gasteiger partial charge in [0.1, 0.15) is 5.54 Å². The van der Waals surface area contributed by atoms with Crippen molar-refractivity contribution < 1.29 is 18.0 Å². The lowest BCUT2D eigenvalue weighted by Crippen LogP contribution is -2.71. The first kappa shape index (κ1) is 22.7. The molecular formula is C22H33N3O4S. The SMILES string of the molecule is CC(C)CCNC(=O)[C@]1(C)CN(S(=O)(=O)c2ccccc2)CC(=O)N1C1CCCC1. The van der Waals surface area contributed by atoms with E-state index in [0.717, 1.165) is 36.4 Å². The van der Waals surface area contributed by atoms with Crippen LogP contribution in [0.1, 0.15) is 52.9 Å². The molecule has 2 fully saturated rings. The van der Waals surface area contributed by atoms with Gasteiger partial charge in [-0.3, -0.25) is 9.59 Å². The third-order valence-corrected chi connectivity index (χ3v) is 7.97. The first-order valence-corrected chi connectivity index (χ1v) is 12.3. The first-order chi connectivity index (χ1) is 14.2. The van der Waals surface area contributed by atoms with Crippen molar-refractivity contribution in [2.24, 2.45) is 5.92 Å². The molecule has 30 heavy (non-hydrogen) atoms. The van der Waals surface area contributed by atoms with Gasteiger partial charge in [-0.05, 0) is 44.2 Å². The number of amides is 2. The molecule has 1 saturated heterocycles. The minimum Gasteiger partial charge on any atom is -0.354 e. The summed E-state index contributed by atoms with van der Waals surface area (Å²) in [7, 11) is -3.87. The Hall–Kier alpha value is -1.93. The average molecular weight is 436 g/mol. The van der Waals surface area contributed by atoms with Crippen LogP contribution < -0.4 is 5.32 Å². The maximum absolute atomic E-state index is 13.3. The molecule has 3 rings (SSSR count). The molecule has 8 heteroatoms. The minimum atomic E-state index is -3.87. The third-order valence-electron chi connectivity index (χ3n) is 6.16. The van der Waals surface area contributed by atoms with Gasteiger partial charge in [-0.15, -0.1) is 0 Å². The van der Waals surface area contributed by atoms with Gasteiger partial charge in [-0.1, -0.05) is 44.9 Å². The van der Waals surface area contributed by atoms with Crippen LogP contribution in [0.3, 0.4) is 0 Å². The van der Waals surface area contributed by atoms with Crippen LogP contribution in [0.2, 0.25) is 0 Å². The number of nitrogens with zero attached hydrogens (tertiary/aromatic N) is 2. The molecular weight excluding hydrogens is 402 g/mol. The van der Waals surface area contributed by atoms with Gasteiger partial charge in [0.25, 0.3) is 0 Å². The molecule has 166 valence electrons. The number of piperazine rings is 1. The number of rotatable bonds is 7. The highest BCUT2D eigenvalue weighted by Gasteiger charge is 2.52. The van der Waals surface area contributed by atoms with Crippen LogP contribution in [-0.4, -0.2) is 60.7 Å². The molecule has 1 saturated carbocycles. The first-order valence-electron chi connectivity index (χ1n) is 10.8. The third kappa shape index (κ3) is 4.54. The second-order valence-electron chi connectivity index (χ2n) is 9.00. The summed E-state index contributed by atoms with van der Waals surface area (Å²) in [4.78, 5) is 28.3. The molecule has 1 N–H and O–H groups in total. The quantitative estimate of drug-likeness (QED) is 0.712. The predicted molar refractivity (Wildman–Crippen MR) is 115 cm³/mol. The number of carbonyl (C=O) groups is 2. The Morgan fingerprint density at radius 1 is 1.20 bits per heavy atom. The van der Waals surface area contributed by atoms with Crippen molar-refractivity contribution in [3.05, 3.63) is 30.3 Å². The Kier molecular flexibility index (Phi) is 6.87. The second-order valence-corrected chi connectivity index (χ2v) is 10.9. The van der Waals surface area contributed by atoms with Crippen molar-refractivity contribution in [1.29, 1.82) is 0 Å². The highest BCUT2D eigenvalue weighted by atomic mass is 32.2. The molecule has 2 amide bonds. The van der Waals surface area contributed by atoms with Crippen LogP contribution in [0.15, 0.2) is 35.2 Å². The molecule has 0 spiro atoms. The zero-order chi connectivity index (χ0) is 21.9. The molecule has 0 radical (unpaired) electrons. The second kappa shape index (κ2) is 9.06. The van der Waals surface area contributed by atoms with Crippen LogP contribution in [0.5, 0.6) is 0 Å².